The van der Waals surface area contributed by atoms with Gasteiger partial charge in [-0.25, -0.2) is 0 Å². The van der Waals surface area contributed by atoms with Crippen LogP contribution in [0.25, 0.3) is 0 Å². The Bertz CT molecular complexity index is 639. The molecule has 1 aromatic heterocycles. The summed E-state index contributed by atoms with van der Waals surface area (Å²) in [5, 5.41) is 3.51. The zero-order valence-corrected chi connectivity index (χ0v) is 14.6. The second-order valence-electron chi connectivity index (χ2n) is 4.15. The van der Waals surface area contributed by atoms with Crippen LogP contribution in [0, 0.1) is 0 Å². The normalized spacial score (nSPS) is 12.5. The first-order valence-corrected chi connectivity index (χ1v) is 8.19. The molecule has 0 saturated heterocycles. The van der Waals surface area contributed by atoms with Crippen molar-refractivity contribution in [2.45, 2.75) is 19.6 Å². The smallest absolute Gasteiger partial charge is 0.387 e. The summed E-state index contributed by atoms with van der Waals surface area (Å²) in [7, 11) is 0. The van der Waals surface area contributed by atoms with Crippen molar-refractivity contribution in [2.75, 3.05) is 5.32 Å². The Hall–Kier alpha value is -0.560. The molecule has 1 aromatic carbocycles. The minimum absolute atomic E-state index is 0.0175. The number of nitrogens with one attached hydrogen (secondary N) is 1. The lowest BCUT2D eigenvalue weighted by atomic mass is 10.2. The largest absolute Gasteiger partial charge is 0.431 e. The number of benzene rings is 1. The predicted molar refractivity (Wildman–Crippen MR) is 87.2 cm³/mol. The van der Waals surface area contributed by atoms with E-state index in [0.717, 1.165) is 4.88 Å². The van der Waals surface area contributed by atoms with E-state index in [0.29, 0.717) is 19.5 Å². The summed E-state index contributed by atoms with van der Waals surface area (Å²) < 4.78 is 30.6. The number of hydrogen-bond acceptors (Lipinski definition) is 3. The molecular formula is C13H10BrCl2F2NOS. The first kappa shape index (κ1) is 16.8. The van der Waals surface area contributed by atoms with E-state index in [4.69, 9.17) is 23.2 Å². The molecule has 114 valence electrons. The molecule has 0 fully saturated rings. The zero-order valence-electron chi connectivity index (χ0n) is 10.7. The van der Waals surface area contributed by atoms with Gasteiger partial charge in [-0.1, -0.05) is 23.2 Å². The number of thiophene rings is 1. The van der Waals surface area contributed by atoms with Crippen molar-refractivity contribution in [3.63, 3.8) is 0 Å². The number of alkyl halides is 2. The monoisotopic (exact) mass is 415 g/mol. The van der Waals surface area contributed by atoms with Gasteiger partial charge in [-0.3, -0.25) is 0 Å². The van der Waals surface area contributed by atoms with Crippen LogP contribution in [-0.2, 0) is 0 Å². The third kappa shape index (κ3) is 4.45. The van der Waals surface area contributed by atoms with Crippen LogP contribution < -0.4 is 10.1 Å². The van der Waals surface area contributed by atoms with Gasteiger partial charge < -0.3 is 10.1 Å². The predicted octanol–water partition coefficient (Wildman–Crippen LogP) is 6.59. The Kier molecular flexibility index (Phi) is 5.71. The fourth-order valence-electron chi connectivity index (χ4n) is 1.74. The molecule has 1 heterocycles. The molecule has 1 atom stereocenters. The summed E-state index contributed by atoms with van der Waals surface area (Å²) in [6.07, 6.45) is 0. The topological polar surface area (TPSA) is 21.3 Å². The van der Waals surface area contributed by atoms with Crippen LogP contribution in [0.15, 0.2) is 28.7 Å². The molecule has 0 saturated carbocycles. The van der Waals surface area contributed by atoms with E-state index in [9.17, 15) is 8.78 Å². The Labute approximate surface area is 143 Å². The summed E-state index contributed by atoms with van der Waals surface area (Å²) in [6.45, 7) is -1.03. The molecule has 2 aromatic rings. The van der Waals surface area contributed by atoms with E-state index in [-0.39, 0.29) is 11.8 Å². The standard InChI is InChI=1S/C13H10BrCl2F2NOS/c1-6(10-2-3-11(16)21-10)19-9-5-7(15)4-8(14)12(9)20-13(17)18/h2-6,13,19H,1H3. The van der Waals surface area contributed by atoms with Gasteiger partial charge >= 0.3 is 6.61 Å². The van der Waals surface area contributed by atoms with Gasteiger partial charge in [-0.05, 0) is 47.1 Å². The maximum absolute atomic E-state index is 12.5. The lowest BCUT2D eigenvalue weighted by Gasteiger charge is -2.18. The van der Waals surface area contributed by atoms with Crippen molar-refractivity contribution >= 4 is 56.2 Å². The van der Waals surface area contributed by atoms with E-state index in [1.54, 1.807) is 6.07 Å². The zero-order chi connectivity index (χ0) is 15.6. The van der Waals surface area contributed by atoms with Crippen LogP contribution in [0.1, 0.15) is 17.8 Å². The van der Waals surface area contributed by atoms with Gasteiger partial charge in [-0.15, -0.1) is 11.3 Å². The maximum atomic E-state index is 12.5. The van der Waals surface area contributed by atoms with Gasteiger partial charge in [0.05, 0.1) is 20.5 Å². The number of ether oxygens (including phenoxy) is 1. The molecule has 21 heavy (non-hydrogen) atoms. The number of hydrogen-bond donors (Lipinski definition) is 1. The summed E-state index contributed by atoms with van der Waals surface area (Å²) in [5.74, 6) is 0.0175. The molecule has 8 heteroatoms. The van der Waals surface area contributed by atoms with Crippen molar-refractivity contribution in [3.8, 4) is 5.75 Å². The highest BCUT2D eigenvalue weighted by atomic mass is 79.9. The molecule has 1 unspecified atom stereocenters. The Morgan fingerprint density at radius 3 is 2.57 bits per heavy atom. The second-order valence-corrected chi connectivity index (χ2v) is 7.19. The second kappa shape index (κ2) is 7.13. The van der Waals surface area contributed by atoms with Crippen molar-refractivity contribution < 1.29 is 13.5 Å². The van der Waals surface area contributed by atoms with E-state index < -0.39 is 6.61 Å². The molecule has 0 aliphatic rings. The molecule has 0 radical (unpaired) electrons. The fourth-order valence-corrected chi connectivity index (χ4v) is 3.71. The van der Waals surface area contributed by atoms with Gasteiger partial charge in [0.15, 0.2) is 5.75 Å². The molecule has 0 spiro atoms. The van der Waals surface area contributed by atoms with Crippen molar-refractivity contribution in [2.24, 2.45) is 0 Å². The highest BCUT2D eigenvalue weighted by Gasteiger charge is 2.17. The summed E-state index contributed by atoms with van der Waals surface area (Å²) in [6, 6.07) is 6.56. The number of halogens is 5. The average molecular weight is 417 g/mol. The van der Waals surface area contributed by atoms with E-state index in [1.165, 1.54) is 23.5 Å². The molecule has 2 rings (SSSR count). The SMILES string of the molecule is CC(Nc1cc(Cl)cc(Br)c1OC(F)F)c1ccc(Cl)s1. The van der Waals surface area contributed by atoms with Gasteiger partial charge in [0.25, 0.3) is 0 Å². The van der Waals surface area contributed by atoms with E-state index >= 15 is 0 Å². The first-order valence-electron chi connectivity index (χ1n) is 5.82. The molecule has 0 aliphatic heterocycles. The minimum Gasteiger partial charge on any atom is -0.431 e. The molecular weight excluding hydrogens is 407 g/mol. The highest BCUT2D eigenvalue weighted by molar-refractivity contribution is 9.10. The van der Waals surface area contributed by atoms with Crippen molar-refractivity contribution in [1.82, 2.24) is 0 Å². The summed E-state index contributed by atoms with van der Waals surface area (Å²) in [4.78, 5) is 0.971. The lowest BCUT2D eigenvalue weighted by Crippen LogP contribution is -2.09. The van der Waals surface area contributed by atoms with E-state index in [2.05, 4.69) is 26.0 Å². The van der Waals surface area contributed by atoms with Crippen LogP contribution in [0.4, 0.5) is 14.5 Å². The molecule has 0 aliphatic carbocycles. The Balaban J connectivity index is 2.29. The minimum atomic E-state index is -2.92. The Morgan fingerprint density at radius 1 is 1.29 bits per heavy atom. The molecule has 1 N–H and O–H groups in total. The number of anilines is 1. The third-order valence-electron chi connectivity index (χ3n) is 2.61. The molecule has 0 bridgehead atoms. The average Bonchev–Trinajstić information content (AvgIpc) is 2.80. The van der Waals surface area contributed by atoms with Crippen LogP contribution in [0.5, 0.6) is 5.75 Å². The van der Waals surface area contributed by atoms with Crippen molar-refractivity contribution in [1.29, 1.82) is 0 Å². The van der Waals surface area contributed by atoms with Crippen LogP contribution in [-0.4, -0.2) is 6.61 Å². The first-order chi connectivity index (χ1) is 9.86. The Morgan fingerprint density at radius 2 is 2.00 bits per heavy atom. The maximum Gasteiger partial charge on any atom is 0.387 e. The number of rotatable bonds is 5. The van der Waals surface area contributed by atoms with E-state index in [1.807, 2.05) is 13.0 Å². The van der Waals surface area contributed by atoms with Crippen molar-refractivity contribution in [3.05, 3.63) is 43.0 Å². The van der Waals surface area contributed by atoms with Gasteiger partial charge in [0.1, 0.15) is 0 Å². The quantitative estimate of drug-likeness (QED) is 0.593. The summed E-state index contributed by atoms with van der Waals surface area (Å²) in [5.41, 5.74) is 0.381. The van der Waals surface area contributed by atoms with Gasteiger partial charge in [0.2, 0.25) is 0 Å². The molecule has 0 amide bonds. The molecule has 2 nitrogen and oxygen atoms in total. The fraction of sp³-hybridized carbons (Fsp3) is 0.231. The highest BCUT2D eigenvalue weighted by Crippen LogP contribution is 2.40. The van der Waals surface area contributed by atoms with Crippen LogP contribution in [0.2, 0.25) is 9.36 Å². The third-order valence-corrected chi connectivity index (χ3v) is 4.83. The summed E-state index contributed by atoms with van der Waals surface area (Å²) >= 11 is 16.4. The van der Waals surface area contributed by atoms with Gasteiger partial charge in [0, 0.05) is 9.90 Å². The van der Waals surface area contributed by atoms with Gasteiger partial charge in [-0.2, -0.15) is 8.78 Å². The lowest BCUT2D eigenvalue weighted by molar-refractivity contribution is -0.0498. The van der Waals surface area contributed by atoms with Crippen LogP contribution in [0.3, 0.4) is 0 Å². The van der Waals surface area contributed by atoms with Crippen LogP contribution >= 0.6 is 50.5 Å².